The predicted molar refractivity (Wildman–Crippen MR) is 107 cm³/mol. The number of thiophene rings is 1. The molecule has 1 N–H and O–H groups in total. The summed E-state index contributed by atoms with van der Waals surface area (Å²) in [5.41, 5.74) is 1.60. The summed E-state index contributed by atoms with van der Waals surface area (Å²) in [5.74, 6) is 0.723. The lowest BCUT2D eigenvalue weighted by Gasteiger charge is -2.09. The summed E-state index contributed by atoms with van der Waals surface area (Å²) >= 11 is 15.2. The number of fused-ring (bicyclic) bond motifs is 1. The van der Waals surface area contributed by atoms with Crippen molar-refractivity contribution in [1.29, 1.82) is 0 Å². The highest BCUT2D eigenvalue weighted by Gasteiger charge is 2.16. The zero-order valence-corrected chi connectivity index (χ0v) is 17.0. The highest BCUT2D eigenvalue weighted by atomic mass is 35.5. The van der Waals surface area contributed by atoms with Gasteiger partial charge in [0.05, 0.1) is 21.5 Å². The molecule has 0 atom stereocenters. The monoisotopic (exact) mass is 411 g/mol. The molecule has 2 heterocycles. The number of rotatable bonds is 4. The van der Waals surface area contributed by atoms with Crippen LogP contribution in [0.3, 0.4) is 0 Å². The molecule has 0 saturated carbocycles. The highest BCUT2D eigenvalue weighted by Crippen LogP contribution is 2.35. The molecule has 1 amide bonds. The molecule has 1 aromatic carbocycles. The SMILES string of the molecule is Cc1nc(SCC(=O)Nc2c(Cl)cccc2Cl)c2c(C)c(C)sc2n1. The number of benzene rings is 1. The third-order valence-corrected chi connectivity index (χ3v) is 6.38. The van der Waals surface area contributed by atoms with Crippen LogP contribution in [0.4, 0.5) is 5.69 Å². The van der Waals surface area contributed by atoms with Gasteiger partial charge in [0.25, 0.3) is 0 Å². The zero-order chi connectivity index (χ0) is 18.1. The van der Waals surface area contributed by atoms with E-state index in [0.717, 1.165) is 20.8 Å². The Hall–Kier alpha value is -1.34. The molecule has 0 spiro atoms. The van der Waals surface area contributed by atoms with Gasteiger partial charge in [-0.3, -0.25) is 4.79 Å². The van der Waals surface area contributed by atoms with Crippen LogP contribution in [-0.4, -0.2) is 21.6 Å². The van der Waals surface area contributed by atoms with Crippen molar-refractivity contribution in [2.24, 2.45) is 0 Å². The van der Waals surface area contributed by atoms with E-state index in [4.69, 9.17) is 23.2 Å². The van der Waals surface area contributed by atoms with Crippen molar-refractivity contribution in [3.8, 4) is 0 Å². The quantitative estimate of drug-likeness (QED) is 0.444. The van der Waals surface area contributed by atoms with Crippen molar-refractivity contribution >= 4 is 68.1 Å². The van der Waals surface area contributed by atoms with Gasteiger partial charge in [0, 0.05) is 10.3 Å². The number of para-hydroxylation sites is 1. The van der Waals surface area contributed by atoms with Crippen LogP contribution in [0.2, 0.25) is 10.0 Å². The lowest BCUT2D eigenvalue weighted by molar-refractivity contribution is -0.113. The van der Waals surface area contributed by atoms with Gasteiger partial charge < -0.3 is 5.32 Å². The molecule has 25 heavy (non-hydrogen) atoms. The van der Waals surface area contributed by atoms with Crippen molar-refractivity contribution in [3.63, 3.8) is 0 Å². The fourth-order valence-electron chi connectivity index (χ4n) is 2.35. The topological polar surface area (TPSA) is 54.9 Å². The van der Waals surface area contributed by atoms with E-state index >= 15 is 0 Å². The number of carbonyl (C=O) groups excluding carboxylic acids is 1. The van der Waals surface area contributed by atoms with Crippen LogP contribution in [0.1, 0.15) is 16.3 Å². The summed E-state index contributed by atoms with van der Waals surface area (Å²) in [6, 6.07) is 5.10. The third kappa shape index (κ3) is 3.92. The molecule has 3 rings (SSSR count). The van der Waals surface area contributed by atoms with Gasteiger partial charge >= 0.3 is 0 Å². The van der Waals surface area contributed by atoms with Crippen LogP contribution in [0.5, 0.6) is 0 Å². The molecule has 0 aliphatic carbocycles. The maximum absolute atomic E-state index is 12.3. The van der Waals surface area contributed by atoms with Crippen LogP contribution in [0.25, 0.3) is 10.2 Å². The number of nitrogens with zero attached hydrogens (tertiary/aromatic N) is 2. The number of anilines is 1. The molecule has 0 bridgehead atoms. The van der Waals surface area contributed by atoms with E-state index in [9.17, 15) is 4.79 Å². The summed E-state index contributed by atoms with van der Waals surface area (Å²) in [5, 5.41) is 5.44. The predicted octanol–water partition coefficient (Wildman–Crippen LogP) is 5.65. The van der Waals surface area contributed by atoms with E-state index in [1.807, 2.05) is 6.92 Å². The van der Waals surface area contributed by atoms with Gasteiger partial charge in [-0.05, 0) is 38.5 Å². The summed E-state index contributed by atoms with van der Waals surface area (Å²) in [7, 11) is 0. The van der Waals surface area contributed by atoms with Crippen LogP contribution in [-0.2, 0) is 4.79 Å². The molecule has 3 aromatic rings. The van der Waals surface area contributed by atoms with Crippen molar-refractivity contribution in [1.82, 2.24) is 9.97 Å². The maximum atomic E-state index is 12.3. The van der Waals surface area contributed by atoms with Crippen molar-refractivity contribution in [2.45, 2.75) is 25.8 Å². The Bertz CT molecular complexity index is 952. The Morgan fingerprint density at radius 2 is 1.88 bits per heavy atom. The number of nitrogens with one attached hydrogen (secondary N) is 1. The van der Waals surface area contributed by atoms with Crippen LogP contribution in [0, 0.1) is 20.8 Å². The first kappa shape index (κ1) is 18.5. The summed E-state index contributed by atoms with van der Waals surface area (Å²) in [6.45, 7) is 5.98. The Labute approximate surface area is 164 Å². The molecule has 0 saturated heterocycles. The summed E-state index contributed by atoms with van der Waals surface area (Å²) in [4.78, 5) is 23.5. The first-order valence-corrected chi connectivity index (χ1v) is 10.0. The number of aromatic nitrogens is 2. The number of amides is 1. The van der Waals surface area contributed by atoms with Gasteiger partial charge in [0.1, 0.15) is 15.7 Å². The lowest BCUT2D eigenvalue weighted by atomic mass is 10.2. The van der Waals surface area contributed by atoms with Gasteiger partial charge in [-0.2, -0.15) is 0 Å². The Morgan fingerprint density at radius 1 is 1.20 bits per heavy atom. The average molecular weight is 412 g/mol. The van der Waals surface area contributed by atoms with E-state index in [1.54, 1.807) is 29.5 Å². The van der Waals surface area contributed by atoms with Crippen molar-refractivity contribution in [2.75, 3.05) is 11.1 Å². The molecule has 0 radical (unpaired) electrons. The number of carbonyl (C=O) groups is 1. The second-order valence-electron chi connectivity index (χ2n) is 5.47. The maximum Gasteiger partial charge on any atom is 0.234 e. The number of aryl methyl sites for hydroxylation is 3. The fraction of sp³-hybridized carbons (Fsp3) is 0.235. The summed E-state index contributed by atoms with van der Waals surface area (Å²) in [6.07, 6.45) is 0. The Kier molecular flexibility index (Phi) is 5.53. The van der Waals surface area contributed by atoms with Crippen LogP contribution in [0.15, 0.2) is 23.2 Å². The molecule has 130 valence electrons. The van der Waals surface area contributed by atoms with Gasteiger partial charge in [0.2, 0.25) is 5.91 Å². The van der Waals surface area contributed by atoms with E-state index in [0.29, 0.717) is 21.6 Å². The molecular formula is C17H15Cl2N3OS2. The highest BCUT2D eigenvalue weighted by molar-refractivity contribution is 8.00. The minimum Gasteiger partial charge on any atom is -0.323 e. The van der Waals surface area contributed by atoms with E-state index in [2.05, 4.69) is 29.1 Å². The second-order valence-corrected chi connectivity index (χ2v) is 8.45. The first-order chi connectivity index (χ1) is 11.9. The summed E-state index contributed by atoms with van der Waals surface area (Å²) < 4.78 is 0. The van der Waals surface area contributed by atoms with Crippen LogP contribution < -0.4 is 5.32 Å². The van der Waals surface area contributed by atoms with E-state index in [-0.39, 0.29) is 11.7 Å². The van der Waals surface area contributed by atoms with Crippen molar-refractivity contribution in [3.05, 3.63) is 44.5 Å². The molecule has 4 nitrogen and oxygen atoms in total. The largest absolute Gasteiger partial charge is 0.323 e. The number of halogens is 2. The molecule has 0 unspecified atom stereocenters. The molecule has 8 heteroatoms. The number of thioether (sulfide) groups is 1. The van der Waals surface area contributed by atoms with E-state index in [1.165, 1.54) is 16.6 Å². The minimum absolute atomic E-state index is 0.186. The van der Waals surface area contributed by atoms with Crippen molar-refractivity contribution < 1.29 is 4.79 Å². The minimum atomic E-state index is -0.186. The molecule has 0 fully saturated rings. The zero-order valence-electron chi connectivity index (χ0n) is 13.8. The smallest absolute Gasteiger partial charge is 0.234 e. The second kappa shape index (κ2) is 7.50. The molecule has 2 aromatic heterocycles. The van der Waals surface area contributed by atoms with Gasteiger partial charge in [-0.15, -0.1) is 11.3 Å². The van der Waals surface area contributed by atoms with Gasteiger partial charge in [-0.25, -0.2) is 9.97 Å². The number of hydrogen-bond acceptors (Lipinski definition) is 5. The first-order valence-electron chi connectivity index (χ1n) is 7.48. The fourth-order valence-corrected chi connectivity index (χ4v) is 4.91. The third-order valence-electron chi connectivity index (χ3n) is 3.67. The Balaban J connectivity index is 1.80. The number of hydrogen-bond donors (Lipinski definition) is 1. The van der Waals surface area contributed by atoms with Crippen LogP contribution >= 0.6 is 46.3 Å². The Morgan fingerprint density at radius 3 is 2.56 bits per heavy atom. The molecule has 0 aliphatic heterocycles. The van der Waals surface area contributed by atoms with Gasteiger partial charge in [0.15, 0.2) is 0 Å². The van der Waals surface area contributed by atoms with E-state index < -0.39 is 0 Å². The average Bonchev–Trinajstić information content (AvgIpc) is 2.83. The standard InChI is InChI=1S/C17H15Cl2N3OS2/c1-8-9(2)25-17-14(8)16(20-10(3)21-17)24-7-13(23)22-15-11(18)5-4-6-12(15)19/h4-6H,7H2,1-3H3,(H,22,23). The van der Waals surface area contributed by atoms with Gasteiger partial charge in [-0.1, -0.05) is 41.0 Å². The molecular weight excluding hydrogens is 397 g/mol. The molecule has 0 aliphatic rings. The lowest BCUT2D eigenvalue weighted by Crippen LogP contribution is -2.15. The normalized spacial score (nSPS) is 11.1.